The summed E-state index contributed by atoms with van der Waals surface area (Å²) in [4.78, 5) is 52.1. The zero-order valence-electron chi connectivity index (χ0n) is 15.5. The number of fused-ring (bicyclic) bond motifs is 1. The van der Waals surface area contributed by atoms with Crippen LogP contribution in [0.2, 0.25) is 0 Å². The van der Waals surface area contributed by atoms with E-state index in [-0.39, 0.29) is 17.6 Å². The van der Waals surface area contributed by atoms with Gasteiger partial charge in [0.1, 0.15) is 5.54 Å². The molecule has 1 fully saturated rings. The number of hydrogen-bond acceptors (Lipinski definition) is 5. The monoisotopic (exact) mass is 373 g/mol. The van der Waals surface area contributed by atoms with E-state index in [1.54, 1.807) is 6.92 Å². The smallest absolute Gasteiger partial charge is 0.331 e. The maximum atomic E-state index is 12.8. The number of rotatable bonds is 4. The average Bonchev–Trinajstić information content (AvgIpc) is 2.67. The molecule has 0 unspecified atom stereocenters. The Morgan fingerprint density at radius 1 is 1.22 bits per heavy atom. The Kier molecular flexibility index (Phi) is 5.16. The average molecular weight is 373 g/mol. The molecule has 2 N–H and O–H groups in total. The van der Waals surface area contributed by atoms with Crippen LogP contribution in [0.4, 0.5) is 0 Å². The summed E-state index contributed by atoms with van der Waals surface area (Å²) >= 11 is 0. The number of methoxy groups -OCH3 is 1. The van der Waals surface area contributed by atoms with Crippen molar-refractivity contribution in [2.24, 2.45) is 0 Å². The minimum absolute atomic E-state index is 0.258. The van der Waals surface area contributed by atoms with E-state index < -0.39 is 28.7 Å². The number of amides is 1. The van der Waals surface area contributed by atoms with Crippen LogP contribution in [0, 0.1) is 0 Å². The summed E-state index contributed by atoms with van der Waals surface area (Å²) in [6.07, 6.45) is 3.72. The molecule has 1 amide bonds. The largest absolute Gasteiger partial charge is 0.467 e. The third kappa shape index (κ3) is 3.39. The molecule has 0 bridgehead atoms. The molecule has 3 rings (SSSR count). The fourth-order valence-corrected chi connectivity index (χ4v) is 3.70. The van der Waals surface area contributed by atoms with E-state index in [0.29, 0.717) is 18.2 Å². The summed E-state index contributed by atoms with van der Waals surface area (Å²) in [6.45, 7) is 1.97. The first kappa shape index (κ1) is 18.9. The quantitative estimate of drug-likeness (QED) is 0.785. The van der Waals surface area contributed by atoms with Crippen molar-refractivity contribution in [2.45, 2.75) is 51.1 Å². The van der Waals surface area contributed by atoms with Gasteiger partial charge in [-0.2, -0.15) is 0 Å². The van der Waals surface area contributed by atoms with Gasteiger partial charge in [0.25, 0.3) is 11.5 Å². The van der Waals surface area contributed by atoms with Crippen LogP contribution in [0.25, 0.3) is 10.9 Å². The van der Waals surface area contributed by atoms with Gasteiger partial charge in [0.15, 0.2) is 0 Å². The molecule has 1 aliphatic carbocycles. The molecule has 27 heavy (non-hydrogen) atoms. The van der Waals surface area contributed by atoms with Crippen molar-refractivity contribution in [1.82, 2.24) is 14.9 Å². The Hall–Kier alpha value is -2.90. The third-order valence-electron chi connectivity index (χ3n) is 5.20. The molecule has 2 aromatic rings. The van der Waals surface area contributed by atoms with Crippen LogP contribution in [0.15, 0.2) is 27.8 Å². The highest BCUT2D eigenvalue weighted by molar-refractivity contribution is 6.00. The first-order chi connectivity index (χ1) is 12.9. The molecule has 8 heteroatoms. The number of carbonyl (C=O) groups excluding carboxylic acids is 2. The molecule has 1 aromatic heterocycles. The van der Waals surface area contributed by atoms with Gasteiger partial charge in [0, 0.05) is 12.1 Å². The summed E-state index contributed by atoms with van der Waals surface area (Å²) in [6, 6.07) is 4.49. The van der Waals surface area contributed by atoms with E-state index in [4.69, 9.17) is 4.74 Å². The number of aromatic nitrogens is 2. The first-order valence-corrected chi connectivity index (χ1v) is 9.09. The van der Waals surface area contributed by atoms with E-state index in [2.05, 4.69) is 10.3 Å². The Balaban J connectivity index is 1.97. The minimum atomic E-state index is -1.03. The number of carbonyl (C=O) groups is 2. The Morgan fingerprint density at radius 2 is 1.93 bits per heavy atom. The normalized spacial score (nSPS) is 16.1. The predicted octanol–water partition coefficient (Wildman–Crippen LogP) is 1.32. The van der Waals surface area contributed by atoms with Crippen molar-refractivity contribution < 1.29 is 14.3 Å². The summed E-state index contributed by atoms with van der Waals surface area (Å²) in [5.41, 5.74) is -1.40. The number of nitrogens with zero attached hydrogens (tertiary/aromatic N) is 1. The van der Waals surface area contributed by atoms with Crippen molar-refractivity contribution in [3.05, 3.63) is 44.6 Å². The second-order valence-corrected chi connectivity index (χ2v) is 6.83. The van der Waals surface area contributed by atoms with E-state index in [1.165, 1.54) is 25.3 Å². The molecule has 8 nitrogen and oxygen atoms in total. The molecule has 0 aliphatic heterocycles. The van der Waals surface area contributed by atoms with Gasteiger partial charge >= 0.3 is 11.7 Å². The maximum absolute atomic E-state index is 12.8. The fourth-order valence-electron chi connectivity index (χ4n) is 3.70. The lowest BCUT2D eigenvalue weighted by molar-refractivity contribution is -0.149. The predicted molar refractivity (Wildman–Crippen MR) is 99.8 cm³/mol. The topological polar surface area (TPSA) is 110 Å². The highest BCUT2D eigenvalue weighted by Gasteiger charge is 2.42. The molecule has 1 heterocycles. The summed E-state index contributed by atoms with van der Waals surface area (Å²) in [5.74, 6) is -0.889. The second-order valence-electron chi connectivity index (χ2n) is 6.83. The molecule has 1 aliphatic rings. The van der Waals surface area contributed by atoms with Crippen molar-refractivity contribution >= 4 is 22.8 Å². The molecule has 0 radical (unpaired) electrons. The van der Waals surface area contributed by atoms with Gasteiger partial charge in [0.2, 0.25) is 0 Å². The van der Waals surface area contributed by atoms with Crippen molar-refractivity contribution in [3.8, 4) is 0 Å². The SMILES string of the molecule is CCn1c(=O)[nH]c2cc(C(=O)NC3(C(=O)OC)CCCCC3)ccc2c1=O. The molecule has 1 aromatic carbocycles. The van der Waals surface area contributed by atoms with Crippen molar-refractivity contribution in [1.29, 1.82) is 0 Å². The lowest BCUT2D eigenvalue weighted by Gasteiger charge is -2.35. The zero-order valence-corrected chi connectivity index (χ0v) is 15.5. The van der Waals surface area contributed by atoms with E-state index >= 15 is 0 Å². The number of hydrogen-bond donors (Lipinski definition) is 2. The van der Waals surface area contributed by atoms with Crippen LogP contribution in [0.3, 0.4) is 0 Å². The van der Waals surface area contributed by atoms with Gasteiger partial charge < -0.3 is 15.0 Å². The molecular weight excluding hydrogens is 350 g/mol. The highest BCUT2D eigenvalue weighted by Crippen LogP contribution is 2.29. The van der Waals surface area contributed by atoms with Crippen LogP contribution in [-0.2, 0) is 16.1 Å². The molecular formula is C19H23N3O5. The lowest BCUT2D eigenvalue weighted by Crippen LogP contribution is -2.56. The minimum Gasteiger partial charge on any atom is -0.467 e. The third-order valence-corrected chi connectivity index (χ3v) is 5.20. The molecule has 0 spiro atoms. The number of ether oxygens (including phenoxy) is 1. The maximum Gasteiger partial charge on any atom is 0.331 e. The number of H-pyrrole nitrogens is 1. The number of nitrogens with one attached hydrogen (secondary N) is 2. The van der Waals surface area contributed by atoms with Crippen LogP contribution in [-0.4, -0.2) is 34.1 Å². The van der Waals surface area contributed by atoms with Gasteiger partial charge in [0.05, 0.1) is 18.0 Å². The molecule has 0 atom stereocenters. The number of benzene rings is 1. The van der Waals surface area contributed by atoms with E-state index in [0.717, 1.165) is 23.8 Å². The van der Waals surface area contributed by atoms with Crippen molar-refractivity contribution in [3.63, 3.8) is 0 Å². The molecule has 144 valence electrons. The Morgan fingerprint density at radius 3 is 2.56 bits per heavy atom. The molecule has 0 saturated heterocycles. The van der Waals surface area contributed by atoms with Gasteiger partial charge in [-0.25, -0.2) is 9.59 Å². The van der Waals surface area contributed by atoms with Crippen LogP contribution in [0.5, 0.6) is 0 Å². The van der Waals surface area contributed by atoms with Crippen LogP contribution < -0.4 is 16.6 Å². The van der Waals surface area contributed by atoms with E-state index in [9.17, 15) is 19.2 Å². The fraction of sp³-hybridized carbons (Fsp3) is 0.474. The van der Waals surface area contributed by atoms with Gasteiger partial charge in [-0.1, -0.05) is 19.3 Å². The second kappa shape index (κ2) is 7.38. The Bertz CT molecular complexity index is 999. The zero-order chi connectivity index (χ0) is 19.6. The highest BCUT2D eigenvalue weighted by atomic mass is 16.5. The van der Waals surface area contributed by atoms with Crippen LogP contribution in [0.1, 0.15) is 49.4 Å². The van der Waals surface area contributed by atoms with E-state index in [1.807, 2.05) is 0 Å². The summed E-state index contributed by atoms with van der Waals surface area (Å²) in [5, 5.41) is 3.15. The number of esters is 1. The van der Waals surface area contributed by atoms with Gasteiger partial charge in [-0.15, -0.1) is 0 Å². The summed E-state index contributed by atoms with van der Waals surface area (Å²) in [7, 11) is 1.31. The van der Waals surface area contributed by atoms with Crippen LogP contribution >= 0.6 is 0 Å². The number of aromatic amines is 1. The van der Waals surface area contributed by atoms with Gasteiger partial charge in [-0.05, 0) is 38.0 Å². The summed E-state index contributed by atoms with van der Waals surface area (Å²) < 4.78 is 6.01. The Labute approximate surface area is 155 Å². The first-order valence-electron chi connectivity index (χ1n) is 9.09. The lowest BCUT2D eigenvalue weighted by atomic mass is 9.81. The van der Waals surface area contributed by atoms with Crippen molar-refractivity contribution in [2.75, 3.05) is 7.11 Å². The van der Waals surface area contributed by atoms with Gasteiger partial charge in [-0.3, -0.25) is 14.2 Å². The molecule has 1 saturated carbocycles. The standard InChI is InChI=1S/C19H23N3O5/c1-3-22-16(24)13-8-7-12(11-14(13)20-18(22)26)15(23)21-19(17(25)27-2)9-5-4-6-10-19/h7-8,11H,3-6,9-10H2,1-2H3,(H,20,26)(H,21,23).